The number of carbonyl (C=O) groups excluding carboxylic acids is 1. The summed E-state index contributed by atoms with van der Waals surface area (Å²) in [4.78, 5) is 19.3. The van der Waals surface area contributed by atoms with Crippen molar-refractivity contribution in [3.05, 3.63) is 59.4 Å². The summed E-state index contributed by atoms with van der Waals surface area (Å²) in [7, 11) is 0. The molecule has 1 N–H and O–H groups in total. The van der Waals surface area contributed by atoms with Gasteiger partial charge in [0.2, 0.25) is 0 Å². The standard InChI is InChI=1S/C19H21N3O.ClH/c23-19(16-4-1-6-17-15(16)5-2-10-21-17)22-13-3-7-18(22)14-8-11-20-12-9-14;/h1,4,6,8-9,11-12,18,21H,2-3,5,7,10,13H2;1H. The van der Waals surface area contributed by atoms with Gasteiger partial charge in [0.25, 0.3) is 5.91 Å². The van der Waals surface area contributed by atoms with E-state index in [-0.39, 0.29) is 24.4 Å². The average molecular weight is 344 g/mol. The number of halogens is 1. The van der Waals surface area contributed by atoms with E-state index in [1.807, 2.05) is 41.6 Å². The highest BCUT2D eigenvalue weighted by Gasteiger charge is 2.32. The molecule has 3 heterocycles. The van der Waals surface area contributed by atoms with E-state index in [2.05, 4.69) is 16.4 Å². The fourth-order valence-corrected chi connectivity index (χ4v) is 3.81. The van der Waals surface area contributed by atoms with Crippen LogP contribution in [0.25, 0.3) is 0 Å². The van der Waals surface area contributed by atoms with E-state index < -0.39 is 0 Å². The Balaban J connectivity index is 0.00000169. The molecule has 5 heteroatoms. The molecule has 126 valence electrons. The Labute approximate surface area is 148 Å². The second kappa shape index (κ2) is 7.22. The zero-order valence-corrected chi connectivity index (χ0v) is 14.4. The van der Waals surface area contributed by atoms with Crippen LogP contribution in [-0.4, -0.2) is 28.9 Å². The molecular weight excluding hydrogens is 322 g/mol. The molecule has 1 amide bonds. The molecular formula is C19H22ClN3O. The number of aromatic nitrogens is 1. The van der Waals surface area contributed by atoms with Crippen LogP contribution in [0, 0.1) is 0 Å². The van der Waals surface area contributed by atoms with Gasteiger partial charge in [-0.15, -0.1) is 12.4 Å². The number of pyridine rings is 1. The third-order valence-electron chi connectivity index (χ3n) is 4.93. The molecule has 1 fully saturated rings. The van der Waals surface area contributed by atoms with Crippen LogP contribution in [0.1, 0.15) is 46.8 Å². The molecule has 1 aromatic heterocycles. The largest absolute Gasteiger partial charge is 0.385 e. The number of rotatable bonds is 2. The van der Waals surface area contributed by atoms with Gasteiger partial charge in [0.05, 0.1) is 6.04 Å². The minimum Gasteiger partial charge on any atom is -0.385 e. The summed E-state index contributed by atoms with van der Waals surface area (Å²) in [5, 5.41) is 3.41. The quantitative estimate of drug-likeness (QED) is 0.901. The number of likely N-dealkylation sites (tertiary alicyclic amines) is 1. The Hall–Kier alpha value is -2.07. The molecule has 4 rings (SSSR count). The second-order valence-electron chi connectivity index (χ2n) is 6.30. The van der Waals surface area contributed by atoms with Crippen LogP contribution in [-0.2, 0) is 6.42 Å². The number of hydrogen-bond acceptors (Lipinski definition) is 3. The van der Waals surface area contributed by atoms with E-state index in [1.165, 1.54) is 11.1 Å². The molecule has 1 atom stereocenters. The number of fused-ring (bicyclic) bond motifs is 1. The van der Waals surface area contributed by atoms with Crippen molar-refractivity contribution in [3.63, 3.8) is 0 Å². The number of carbonyl (C=O) groups is 1. The highest BCUT2D eigenvalue weighted by atomic mass is 35.5. The zero-order valence-electron chi connectivity index (χ0n) is 13.6. The molecule has 24 heavy (non-hydrogen) atoms. The SMILES string of the molecule is Cl.O=C(c1cccc2c1CCCN2)N1CCCC1c1ccncc1. The molecule has 4 nitrogen and oxygen atoms in total. The Morgan fingerprint density at radius 1 is 1.17 bits per heavy atom. The van der Waals surface area contributed by atoms with Crippen molar-refractivity contribution in [2.45, 2.75) is 31.7 Å². The number of amides is 1. The maximum absolute atomic E-state index is 13.2. The molecule has 0 saturated carbocycles. The lowest BCUT2D eigenvalue weighted by Crippen LogP contribution is -2.32. The number of benzene rings is 1. The average Bonchev–Trinajstić information content (AvgIpc) is 3.11. The van der Waals surface area contributed by atoms with Crippen molar-refractivity contribution in [2.75, 3.05) is 18.4 Å². The van der Waals surface area contributed by atoms with Gasteiger partial charge >= 0.3 is 0 Å². The van der Waals surface area contributed by atoms with Gasteiger partial charge in [-0.05, 0) is 61.1 Å². The minimum absolute atomic E-state index is 0. The summed E-state index contributed by atoms with van der Waals surface area (Å²) in [5.74, 6) is 0.171. The first-order chi connectivity index (χ1) is 11.3. The van der Waals surface area contributed by atoms with Crippen LogP contribution in [0.3, 0.4) is 0 Å². The maximum Gasteiger partial charge on any atom is 0.254 e. The van der Waals surface area contributed by atoms with Crippen molar-refractivity contribution < 1.29 is 4.79 Å². The summed E-state index contributed by atoms with van der Waals surface area (Å²) in [6.07, 6.45) is 7.79. The normalized spacial score (nSPS) is 19.2. The topological polar surface area (TPSA) is 45.2 Å². The molecule has 1 unspecified atom stereocenters. The van der Waals surface area contributed by atoms with Crippen LogP contribution in [0.15, 0.2) is 42.7 Å². The highest BCUT2D eigenvalue weighted by Crippen LogP contribution is 2.34. The molecule has 2 aromatic rings. The van der Waals surface area contributed by atoms with Gasteiger partial charge in [0.15, 0.2) is 0 Å². The van der Waals surface area contributed by atoms with Crippen LogP contribution in [0.2, 0.25) is 0 Å². The van der Waals surface area contributed by atoms with Crippen molar-refractivity contribution in [3.8, 4) is 0 Å². The second-order valence-corrected chi connectivity index (χ2v) is 6.30. The van der Waals surface area contributed by atoms with Gasteiger partial charge in [-0.3, -0.25) is 9.78 Å². The molecule has 2 aliphatic rings. The van der Waals surface area contributed by atoms with Gasteiger partial charge in [-0.1, -0.05) is 6.07 Å². The molecule has 0 radical (unpaired) electrons. The summed E-state index contributed by atoms with van der Waals surface area (Å²) < 4.78 is 0. The van der Waals surface area contributed by atoms with E-state index in [0.29, 0.717) is 0 Å². The molecule has 2 aliphatic heterocycles. The van der Waals surface area contributed by atoms with Crippen LogP contribution in [0.4, 0.5) is 5.69 Å². The zero-order chi connectivity index (χ0) is 15.6. The summed E-state index contributed by atoms with van der Waals surface area (Å²) in [6, 6.07) is 10.3. The first kappa shape index (κ1) is 16.8. The van der Waals surface area contributed by atoms with Crippen LogP contribution < -0.4 is 5.32 Å². The van der Waals surface area contributed by atoms with Gasteiger partial charge in [0, 0.05) is 36.7 Å². The smallest absolute Gasteiger partial charge is 0.254 e. The lowest BCUT2D eigenvalue weighted by atomic mass is 9.96. The van der Waals surface area contributed by atoms with Gasteiger partial charge in [-0.25, -0.2) is 0 Å². The van der Waals surface area contributed by atoms with Gasteiger partial charge < -0.3 is 10.2 Å². The van der Waals surface area contributed by atoms with Crippen LogP contribution in [0.5, 0.6) is 0 Å². The lowest BCUT2D eigenvalue weighted by Gasteiger charge is -2.28. The van der Waals surface area contributed by atoms with E-state index in [4.69, 9.17) is 0 Å². The summed E-state index contributed by atoms with van der Waals surface area (Å²) in [6.45, 7) is 1.83. The predicted molar refractivity (Wildman–Crippen MR) is 97.7 cm³/mol. The fourth-order valence-electron chi connectivity index (χ4n) is 3.81. The van der Waals surface area contributed by atoms with E-state index in [0.717, 1.165) is 50.0 Å². The summed E-state index contributed by atoms with van der Waals surface area (Å²) in [5.41, 5.74) is 4.37. The molecule has 0 aliphatic carbocycles. The van der Waals surface area contributed by atoms with Gasteiger partial charge in [-0.2, -0.15) is 0 Å². The first-order valence-electron chi connectivity index (χ1n) is 8.41. The van der Waals surface area contributed by atoms with Crippen molar-refractivity contribution in [2.24, 2.45) is 0 Å². The maximum atomic E-state index is 13.2. The Morgan fingerprint density at radius 3 is 2.83 bits per heavy atom. The predicted octanol–water partition coefficient (Wildman–Crippen LogP) is 3.84. The number of nitrogens with one attached hydrogen (secondary N) is 1. The third-order valence-corrected chi connectivity index (χ3v) is 4.93. The molecule has 0 bridgehead atoms. The Morgan fingerprint density at radius 2 is 2.00 bits per heavy atom. The molecule has 1 aromatic carbocycles. The monoisotopic (exact) mass is 343 g/mol. The first-order valence-corrected chi connectivity index (χ1v) is 8.41. The fraction of sp³-hybridized carbons (Fsp3) is 0.368. The van der Waals surface area contributed by atoms with Gasteiger partial charge in [0.1, 0.15) is 0 Å². The summed E-state index contributed by atoms with van der Waals surface area (Å²) >= 11 is 0. The molecule has 0 spiro atoms. The van der Waals surface area contributed by atoms with Crippen molar-refractivity contribution in [1.29, 1.82) is 0 Å². The van der Waals surface area contributed by atoms with E-state index in [9.17, 15) is 4.79 Å². The van der Waals surface area contributed by atoms with Crippen molar-refractivity contribution in [1.82, 2.24) is 9.88 Å². The van der Waals surface area contributed by atoms with Crippen molar-refractivity contribution >= 4 is 24.0 Å². The van der Waals surface area contributed by atoms with E-state index >= 15 is 0 Å². The Bertz CT molecular complexity index is 720. The van der Waals surface area contributed by atoms with Crippen LogP contribution >= 0.6 is 12.4 Å². The number of hydrogen-bond donors (Lipinski definition) is 1. The highest BCUT2D eigenvalue weighted by molar-refractivity contribution is 5.97. The minimum atomic E-state index is 0. The number of anilines is 1. The molecule has 1 saturated heterocycles. The number of nitrogens with zero attached hydrogens (tertiary/aromatic N) is 2. The Kier molecular flexibility index (Phi) is 5.05. The third kappa shape index (κ3) is 2.98. The van der Waals surface area contributed by atoms with E-state index in [1.54, 1.807) is 0 Å². The lowest BCUT2D eigenvalue weighted by molar-refractivity contribution is 0.0734.